The number of fused-ring (bicyclic) bond motifs is 1. The van der Waals surface area contributed by atoms with Gasteiger partial charge in [-0.2, -0.15) is 13.2 Å². The number of hydrogen-bond acceptors (Lipinski definition) is 5. The first kappa shape index (κ1) is 28.7. The number of benzene rings is 2. The number of anilines is 2. The zero-order chi connectivity index (χ0) is 27.8. The lowest BCUT2D eigenvalue weighted by atomic mass is 9.95. The summed E-state index contributed by atoms with van der Waals surface area (Å²) < 4.78 is 103. The summed E-state index contributed by atoms with van der Waals surface area (Å²) in [5.74, 6) is -3.96. The van der Waals surface area contributed by atoms with E-state index in [0.29, 0.717) is 25.0 Å². The standard InChI is InChI=1S/C25H28F5NO5S/c1-4-5-6-15-13-31(17-9-7-16(26)8-10-17)19-11-18(25(28,29)30)20(36-14-24(2,3)23(32)33)12-21(19)37(34,35)22(15)27/h7-12,15,22H,4-6,13-14H2,1-3H3,(H,32,33)/t15-,22+/m1/s1. The molecule has 0 aromatic heterocycles. The summed E-state index contributed by atoms with van der Waals surface area (Å²) in [6, 6.07) is 5.85. The highest BCUT2D eigenvalue weighted by Gasteiger charge is 2.45. The summed E-state index contributed by atoms with van der Waals surface area (Å²) in [6.45, 7) is 3.33. The van der Waals surface area contributed by atoms with Crippen molar-refractivity contribution >= 4 is 27.2 Å². The molecule has 204 valence electrons. The summed E-state index contributed by atoms with van der Waals surface area (Å²) in [5, 5.41) is 9.29. The van der Waals surface area contributed by atoms with E-state index in [1.807, 2.05) is 6.92 Å². The van der Waals surface area contributed by atoms with E-state index in [-0.39, 0.29) is 18.7 Å². The van der Waals surface area contributed by atoms with Crippen molar-refractivity contribution in [1.82, 2.24) is 0 Å². The lowest BCUT2D eigenvalue weighted by molar-refractivity contribution is -0.148. The lowest BCUT2D eigenvalue weighted by Crippen LogP contribution is -2.31. The normalized spacial score (nSPS) is 19.7. The van der Waals surface area contributed by atoms with Crippen molar-refractivity contribution < 1.29 is 45.0 Å². The predicted octanol–water partition coefficient (Wildman–Crippen LogP) is 6.36. The third-order valence-corrected chi connectivity index (χ3v) is 8.20. The maximum absolute atomic E-state index is 15.6. The van der Waals surface area contributed by atoms with E-state index < -0.39 is 73.1 Å². The number of ether oxygens (including phenoxy) is 1. The van der Waals surface area contributed by atoms with Crippen molar-refractivity contribution in [2.45, 2.75) is 56.6 Å². The number of aliphatic carboxylic acids is 1. The SMILES string of the molecule is CCCC[C@@H]1CN(c2ccc(F)cc2)c2cc(C(F)(F)F)c(OCC(C)(C)C(=O)O)cc2S(=O)(=O)[C@@H]1F. The smallest absolute Gasteiger partial charge is 0.420 e. The third kappa shape index (κ3) is 6.00. The number of carbonyl (C=O) groups is 1. The minimum atomic E-state index is -5.01. The molecule has 0 aliphatic carbocycles. The molecule has 1 N–H and O–H groups in total. The number of sulfone groups is 1. The van der Waals surface area contributed by atoms with Crippen LogP contribution in [0.1, 0.15) is 45.6 Å². The molecule has 6 nitrogen and oxygen atoms in total. The molecule has 1 aliphatic rings. The largest absolute Gasteiger partial charge is 0.492 e. The topological polar surface area (TPSA) is 83.9 Å². The summed E-state index contributed by atoms with van der Waals surface area (Å²) in [7, 11) is -4.79. The fourth-order valence-electron chi connectivity index (χ4n) is 3.99. The average Bonchev–Trinajstić information content (AvgIpc) is 2.89. The Bertz CT molecular complexity index is 1250. The summed E-state index contributed by atoms with van der Waals surface area (Å²) >= 11 is 0. The molecule has 0 saturated heterocycles. The van der Waals surface area contributed by atoms with Gasteiger partial charge < -0.3 is 14.7 Å². The van der Waals surface area contributed by atoms with Gasteiger partial charge in [0.25, 0.3) is 0 Å². The lowest BCUT2D eigenvalue weighted by Gasteiger charge is -2.29. The number of carboxylic acids is 1. The van der Waals surface area contributed by atoms with Crippen molar-refractivity contribution in [2.75, 3.05) is 18.1 Å². The molecule has 37 heavy (non-hydrogen) atoms. The van der Waals surface area contributed by atoms with Gasteiger partial charge in [-0.3, -0.25) is 4.79 Å². The Labute approximate surface area is 212 Å². The molecule has 2 aromatic rings. The fraction of sp³-hybridized carbons (Fsp3) is 0.480. The number of rotatable bonds is 8. The number of unbranched alkanes of at least 4 members (excludes halogenated alkanes) is 1. The first-order valence-electron chi connectivity index (χ1n) is 11.6. The molecule has 12 heteroatoms. The van der Waals surface area contributed by atoms with Crippen LogP contribution in [0.2, 0.25) is 0 Å². The van der Waals surface area contributed by atoms with Crippen molar-refractivity contribution in [3.8, 4) is 5.75 Å². The molecule has 1 heterocycles. The van der Waals surface area contributed by atoms with Crippen molar-refractivity contribution in [3.63, 3.8) is 0 Å². The maximum atomic E-state index is 15.6. The molecule has 0 amide bonds. The van der Waals surface area contributed by atoms with Crippen LogP contribution in [0.3, 0.4) is 0 Å². The average molecular weight is 550 g/mol. The Balaban J connectivity index is 2.27. The van der Waals surface area contributed by atoms with Crippen LogP contribution < -0.4 is 9.64 Å². The minimum Gasteiger partial charge on any atom is -0.492 e. The highest BCUT2D eigenvalue weighted by atomic mass is 32.2. The Morgan fingerprint density at radius 3 is 2.32 bits per heavy atom. The van der Waals surface area contributed by atoms with Crippen LogP contribution in [0, 0.1) is 17.2 Å². The maximum Gasteiger partial charge on any atom is 0.420 e. The van der Waals surface area contributed by atoms with Gasteiger partial charge in [0.05, 0.1) is 21.6 Å². The van der Waals surface area contributed by atoms with Gasteiger partial charge in [-0.05, 0) is 50.6 Å². The van der Waals surface area contributed by atoms with Gasteiger partial charge >= 0.3 is 12.1 Å². The highest BCUT2D eigenvalue weighted by Crippen LogP contribution is 2.47. The fourth-order valence-corrected chi connectivity index (χ4v) is 5.70. The molecular weight excluding hydrogens is 521 g/mol. The van der Waals surface area contributed by atoms with Crippen molar-refractivity contribution in [3.05, 3.63) is 47.8 Å². The van der Waals surface area contributed by atoms with Crippen LogP contribution in [0.25, 0.3) is 0 Å². The number of hydrogen-bond donors (Lipinski definition) is 1. The molecule has 0 spiro atoms. The van der Waals surface area contributed by atoms with Crippen molar-refractivity contribution in [2.24, 2.45) is 11.3 Å². The van der Waals surface area contributed by atoms with E-state index in [0.717, 1.165) is 12.1 Å². The van der Waals surface area contributed by atoms with E-state index in [4.69, 9.17) is 4.74 Å². The van der Waals surface area contributed by atoms with Crippen LogP contribution in [-0.2, 0) is 20.8 Å². The van der Waals surface area contributed by atoms with E-state index in [1.54, 1.807) is 0 Å². The number of halogens is 5. The van der Waals surface area contributed by atoms with Gasteiger partial charge in [-0.25, -0.2) is 17.2 Å². The molecule has 2 atom stereocenters. The Hall–Kier alpha value is -2.89. The molecular formula is C25H28F5NO5S. The molecule has 3 rings (SSSR count). The first-order chi connectivity index (χ1) is 17.1. The number of nitrogens with zero attached hydrogens (tertiary/aromatic N) is 1. The molecule has 0 unspecified atom stereocenters. The quantitative estimate of drug-likeness (QED) is 0.386. The monoisotopic (exact) mass is 549 g/mol. The molecule has 0 saturated carbocycles. The predicted molar refractivity (Wildman–Crippen MR) is 127 cm³/mol. The second-order valence-electron chi connectivity index (χ2n) is 9.68. The second-order valence-corrected chi connectivity index (χ2v) is 11.7. The summed E-state index contributed by atoms with van der Waals surface area (Å²) in [5.41, 5.74) is -5.60. The van der Waals surface area contributed by atoms with E-state index in [1.165, 1.54) is 30.9 Å². The van der Waals surface area contributed by atoms with Crippen LogP contribution in [-0.4, -0.2) is 38.1 Å². The number of carboxylic acid groups (broad SMARTS) is 1. The minimum absolute atomic E-state index is 0.158. The third-order valence-electron chi connectivity index (χ3n) is 6.28. The van der Waals surface area contributed by atoms with Gasteiger partial charge in [-0.1, -0.05) is 19.8 Å². The Morgan fingerprint density at radius 1 is 1.16 bits per heavy atom. The van der Waals surface area contributed by atoms with E-state index in [2.05, 4.69) is 0 Å². The first-order valence-corrected chi connectivity index (χ1v) is 13.2. The van der Waals surface area contributed by atoms with Gasteiger partial charge in [0.15, 0.2) is 0 Å². The van der Waals surface area contributed by atoms with Gasteiger partial charge in [0.2, 0.25) is 15.3 Å². The zero-order valence-corrected chi connectivity index (χ0v) is 21.3. The van der Waals surface area contributed by atoms with Crippen LogP contribution in [0.5, 0.6) is 5.75 Å². The van der Waals surface area contributed by atoms with E-state index in [9.17, 15) is 35.9 Å². The Kier molecular flexibility index (Phi) is 8.11. The van der Waals surface area contributed by atoms with E-state index >= 15 is 4.39 Å². The molecule has 2 aromatic carbocycles. The van der Waals surface area contributed by atoms with Crippen molar-refractivity contribution in [1.29, 1.82) is 0 Å². The Morgan fingerprint density at radius 2 is 1.78 bits per heavy atom. The zero-order valence-electron chi connectivity index (χ0n) is 20.5. The number of alkyl halides is 4. The second kappa shape index (κ2) is 10.5. The molecule has 0 fully saturated rings. The summed E-state index contributed by atoms with van der Waals surface area (Å²) in [4.78, 5) is 11.9. The molecule has 1 aliphatic heterocycles. The van der Waals surface area contributed by atoms with Gasteiger partial charge in [0.1, 0.15) is 18.2 Å². The van der Waals surface area contributed by atoms with Gasteiger partial charge in [0, 0.05) is 24.2 Å². The highest BCUT2D eigenvalue weighted by molar-refractivity contribution is 7.92. The van der Waals surface area contributed by atoms with Crippen LogP contribution in [0.15, 0.2) is 41.3 Å². The van der Waals surface area contributed by atoms with Crippen LogP contribution in [0.4, 0.5) is 33.3 Å². The van der Waals surface area contributed by atoms with Crippen LogP contribution >= 0.6 is 0 Å². The van der Waals surface area contributed by atoms with Gasteiger partial charge in [-0.15, -0.1) is 0 Å². The molecule has 0 bridgehead atoms. The molecule has 0 radical (unpaired) electrons. The summed E-state index contributed by atoms with van der Waals surface area (Å²) in [6.07, 6.45) is -3.73.